The molecule has 1 saturated carbocycles. The number of hydrogen-bond acceptors (Lipinski definition) is 2. The molecule has 2 nitrogen and oxygen atoms in total. The van der Waals surface area contributed by atoms with E-state index < -0.39 is 17.9 Å². The summed E-state index contributed by atoms with van der Waals surface area (Å²) in [7, 11) is 0. The minimum atomic E-state index is -4.14. The van der Waals surface area contributed by atoms with E-state index in [1.54, 1.807) is 0 Å². The van der Waals surface area contributed by atoms with Gasteiger partial charge in [0.2, 0.25) is 0 Å². The fourth-order valence-electron chi connectivity index (χ4n) is 2.67. The molecule has 1 aliphatic rings. The number of rotatable bonds is 3. The van der Waals surface area contributed by atoms with Crippen molar-refractivity contribution >= 4 is 0 Å². The van der Waals surface area contributed by atoms with Crippen molar-refractivity contribution in [1.29, 1.82) is 0 Å². The van der Waals surface area contributed by atoms with E-state index in [0.717, 1.165) is 6.07 Å². The maximum atomic E-state index is 13.1. The van der Waals surface area contributed by atoms with Crippen molar-refractivity contribution in [3.63, 3.8) is 0 Å². The Bertz CT molecular complexity index is 441. The average molecular weight is 291 g/mol. The number of phenols is 1. The monoisotopic (exact) mass is 291 g/mol. The van der Waals surface area contributed by atoms with Gasteiger partial charge in [-0.15, -0.1) is 0 Å². The normalized spacial score (nSPS) is 23.8. The van der Waals surface area contributed by atoms with E-state index in [9.17, 15) is 22.7 Å². The van der Waals surface area contributed by atoms with Gasteiger partial charge in [0, 0.05) is 18.7 Å². The molecule has 0 amide bonds. The van der Waals surface area contributed by atoms with Gasteiger partial charge in [0.25, 0.3) is 0 Å². The van der Waals surface area contributed by atoms with E-state index in [1.807, 2.05) is 0 Å². The van der Waals surface area contributed by atoms with Gasteiger partial charge >= 0.3 is 6.18 Å². The molecule has 2 unspecified atom stereocenters. The molecule has 2 atom stereocenters. The molecule has 0 saturated heterocycles. The van der Waals surface area contributed by atoms with E-state index in [2.05, 4.69) is 5.32 Å². The lowest BCUT2D eigenvalue weighted by molar-refractivity contribution is -0.183. The third-order valence-corrected chi connectivity index (χ3v) is 3.67. The summed E-state index contributed by atoms with van der Waals surface area (Å²) in [6, 6.07) is 3.43. The fourth-order valence-corrected chi connectivity index (χ4v) is 2.67. The Balaban J connectivity index is 1.90. The summed E-state index contributed by atoms with van der Waals surface area (Å²) in [5.41, 5.74) is 0.525. The summed E-state index contributed by atoms with van der Waals surface area (Å²) >= 11 is 0. The van der Waals surface area contributed by atoms with Gasteiger partial charge < -0.3 is 10.4 Å². The van der Waals surface area contributed by atoms with E-state index in [1.165, 1.54) is 12.1 Å². The first-order valence-electron chi connectivity index (χ1n) is 6.63. The average Bonchev–Trinajstić information content (AvgIpc) is 2.35. The van der Waals surface area contributed by atoms with Crippen LogP contribution in [0.3, 0.4) is 0 Å². The molecular formula is C14H17F4NO. The van der Waals surface area contributed by atoms with Crippen molar-refractivity contribution in [2.75, 3.05) is 0 Å². The van der Waals surface area contributed by atoms with Gasteiger partial charge in [-0.25, -0.2) is 4.39 Å². The zero-order valence-corrected chi connectivity index (χ0v) is 10.9. The zero-order valence-electron chi connectivity index (χ0n) is 10.9. The van der Waals surface area contributed by atoms with E-state index >= 15 is 0 Å². The Morgan fingerprint density at radius 3 is 2.60 bits per heavy atom. The highest BCUT2D eigenvalue weighted by molar-refractivity contribution is 5.28. The third kappa shape index (κ3) is 4.10. The predicted octanol–water partition coefficient (Wildman–Crippen LogP) is 3.74. The van der Waals surface area contributed by atoms with Crippen LogP contribution in [0.5, 0.6) is 5.75 Å². The van der Waals surface area contributed by atoms with Crippen LogP contribution in [0.15, 0.2) is 18.2 Å². The molecule has 112 valence electrons. The number of phenolic OH excluding ortho intramolecular Hbond substituents is 1. The Hall–Kier alpha value is -1.30. The van der Waals surface area contributed by atoms with Crippen LogP contribution in [-0.4, -0.2) is 17.3 Å². The standard InChI is InChI=1S/C14H17F4NO/c15-11-4-9(5-13(20)7-11)8-19-12-3-1-2-10(6-12)14(16,17)18/h4-5,7,10,12,19-20H,1-3,6,8H2. The van der Waals surface area contributed by atoms with Gasteiger partial charge in [-0.3, -0.25) is 0 Å². The van der Waals surface area contributed by atoms with Gasteiger partial charge in [-0.2, -0.15) is 13.2 Å². The smallest absolute Gasteiger partial charge is 0.391 e. The largest absolute Gasteiger partial charge is 0.508 e. The Morgan fingerprint density at radius 1 is 1.20 bits per heavy atom. The zero-order chi connectivity index (χ0) is 14.8. The van der Waals surface area contributed by atoms with Gasteiger partial charge in [-0.1, -0.05) is 6.42 Å². The van der Waals surface area contributed by atoms with Gasteiger partial charge in [0.05, 0.1) is 5.92 Å². The first kappa shape index (κ1) is 15.1. The molecule has 0 spiro atoms. The number of nitrogens with one attached hydrogen (secondary N) is 1. The number of aromatic hydroxyl groups is 1. The first-order valence-corrected chi connectivity index (χ1v) is 6.63. The van der Waals surface area contributed by atoms with Crippen molar-refractivity contribution in [3.8, 4) is 5.75 Å². The maximum absolute atomic E-state index is 13.1. The Kier molecular flexibility index (Phi) is 4.52. The van der Waals surface area contributed by atoms with Crippen molar-refractivity contribution in [2.45, 2.75) is 44.4 Å². The lowest BCUT2D eigenvalue weighted by Crippen LogP contribution is -2.38. The third-order valence-electron chi connectivity index (χ3n) is 3.67. The van der Waals surface area contributed by atoms with Crippen LogP contribution in [0.25, 0.3) is 0 Å². The summed E-state index contributed by atoms with van der Waals surface area (Å²) in [5.74, 6) is -1.99. The molecule has 0 radical (unpaired) electrons. The number of alkyl halides is 3. The molecule has 0 aliphatic heterocycles. The van der Waals surface area contributed by atoms with E-state index in [-0.39, 0.29) is 31.2 Å². The van der Waals surface area contributed by atoms with Gasteiger partial charge in [0.15, 0.2) is 0 Å². The highest BCUT2D eigenvalue weighted by Gasteiger charge is 2.41. The Labute approximate surface area is 114 Å². The molecule has 2 N–H and O–H groups in total. The summed E-state index contributed by atoms with van der Waals surface area (Å²) in [4.78, 5) is 0. The second-order valence-electron chi connectivity index (χ2n) is 5.30. The molecule has 6 heteroatoms. The molecule has 2 rings (SSSR count). The Morgan fingerprint density at radius 2 is 1.95 bits per heavy atom. The number of halogens is 4. The van der Waals surface area contributed by atoms with Gasteiger partial charge in [0.1, 0.15) is 11.6 Å². The number of benzene rings is 1. The molecule has 1 fully saturated rings. The topological polar surface area (TPSA) is 32.3 Å². The summed E-state index contributed by atoms with van der Waals surface area (Å²) in [6.45, 7) is 0.251. The lowest BCUT2D eigenvalue weighted by atomic mass is 9.85. The van der Waals surface area contributed by atoms with Crippen molar-refractivity contribution in [2.24, 2.45) is 5.92 Å². The van der Waals surface area contributed by atoms with E-state index in [4.69, 9.17) is 0 Å². The highest BCUT2D eigenvalue weighted by atomic mass is 19.4. The quantitative estimate of drug-likeness (QED) is 0.831. The van der Waals surface area contributed by atoms with Crippen LogP contribution in [0.4, 0.5) is 17.6 Å². The fraction of sp³-hybridized carbons (Fsp3) is 0.571. The van der Waals surface area contributed by atoms with Crippen LogP contribution >= 0.6 is 0 Å². The van der Waals surface area contributed by atoms with Crippen LogP contribution in [-0.2, 0) is 6.54 Å². The summed E-state index contributed by atoms with van der Waals surface area (Å²) in [6.07, 6.45) is -2.67. The molecule has 1 aromatic rings. The molecule has 1 aliphatic carbocycles. The minimum Gasteiger partial charge on any atom is -0.508 e. The molecule has 0 aromatic heterocycles. The molecule has 0 heterocycles. The highest BCUT2D eigenvalue weighted by Crippen LogP contribution is 2.37. The molecule has 0 bridgehead atoms. The second-order valence-corrected chi connectivity index (χ2v) is 5.30. The summed E-state index contributed by atoms with van der Waals surface area (Å²) in [5, 5.41) is 12.3. The van der Waals surface area contributed by atoms with Crippen LogP contribution < -0.4 is 5.32 Å². The lowest BCUT2D eigenvalue weighted by Gasteiger charge is -2.31. The van der Waals surface area contributed by atoms with Crippen LogP contribution in [0.2, 0.25) is 0 Å². The summed E-state index contributed by atoms with van der Waals surface area (Å²) < 4.78 is 51.1. The molecule has 1 aromatic carbocycles. The SMILES string of the molecule is Oc1cc(F)cc(CNC2CCCC(C(F)(F)F)C2)c1. The maximum Gasteiger partial charge on any atom is 0.391 e. The second kappa shape index (κ2) is 5.99. The molecular weight excluding hydrogens is 274 g/mol. The van der Waals surface area contributed by atoms with Crippen molar-refractivity contribution < 1.29 is 22.7 Å². The van der Waals surface area contributed by atoms with Crippen molar-refractivity contribution in [1.82, 2.24) is 5.32 Å². The molecule has 20 heavy (non-hydrogen) atoms. The van der Waals surface area contributed by atoms with Crippen LogP contribution in [0.1, 0.15) is 31.2 Å². The van der Waals surface area contributed by atoms with Gasteiger partial charge in [-0.05, 0) is 37.0 Å². The predicted molar refractivity (Wildman–Crippen MR) is 66.7 cm³/mol. The van der Waals surface area contributed by atoms with Crippen molar-refractivity contribution in [3.05, 3.63) is 29.6 Å². The number of hydrogen-bond donors (Lipinski definition) is 2. The van der Waals surface area contributed by atoms with Crippen LogP contribution in [0, 0.1) is 11.7 Å². The minimum absolute atomic E-state index is 0.0603. The van der Waals surface area contributed by atoms with E-state index in [0.29, 0.717) is 18.4 Å². The first-order chi connectivity index (χ1) is 9.34.